The van der Waals surface area contributed by atoms with E-state index in [1.165, 1.54) is 53.1 Å². The minimum absolute atomic E-state index is 0.472. The number of fused-ring (bicyclic) bond motifs is 2. The molecule has 3 aromatic rings. The molecule has 31 heavy (non-hydrogen) atoms. The van der Waals surface area contributed by atoms with Gasteiger partial charge in [0.05, 0.1) is 0 Å². The molecule has 160 valence electrons. The first-order valence-corrected chi connectivity index (χ1v) is 11.3. The Morgan fingerprint density at radius 2 is 2.06 bits per heavy atom. The molecule has 1 fully saturated rings. The number of benzene rings is 2. The summed E-state index contributed by atoms with van der Waals surface area (Å²) in [6, 6.07) is 15.5. The van der Waals surface area contributed by atoms with Gasteiger partial charge in [-0.2, -0.15) is 0 Å². The molecule has 0 aliphatic heterocycles. The minimum Gasteiger partial charge on any atom is -0.361 e. The summed E-state index contributed by atoms with van der Waals surface area (Å²) in [6.07, 6.45) is 11.3. The number of rotatable bonds is 8. The number of carbonyl (C=O) groups excluding carboxylic acids is 1. The molecule has 5 nitrogen and oxygen atoms in total. The van der Waals surface area contributed by atoms with Gasteiger partial charge in [0.25, 0.3) is 5.91 Å². The first-order valence-electron chi connectivity index (χ1n) is 11.3. The quantitative estimate of drug-likeness (QED) is 0.285. The molecule has 0 saturated heterocycles. The van der Waals surface area contributed by atoms with Crippen LogP contribution in [-0.4, -0.2) is 34.1 Å². The second kappa shape index (κ2) is 8.69. The van der Waals surface area contributed by atoms with Crippen molar-refractivity contribution in [3.8, 4) is 0 Å². The summed E-state index contributed by atoms with van der Waals surface area (Å²) in [5.41, 5.74) is 8.06. The van der Waals surface area contributed by atoms with Crippen molar-refractivity contribution in [1.82, 2.24) is 15.4 Å². The number of nitrogens with zero attached hydrogens (tertiary/aromatic N) is 1. The molecule has 2 aliphatic rings. The molecule has 0 radical (unpaired) electrons. The number of H-pyrrole nitrogens is 1. The minimum atomic E-state index is -0.508. The van der Waals surface area contributed by atoms with Crippen molar-refractivity contribution in [3.63, 3.8) is 0 Å². The van der Waals surface area contributed by atoms with Crippen LogP contribution in [0.5, 0.6) is 0 Å². The number of carbonyl (C=O) groups is 1. The van der Waals surface area contributed by atoms with E-state index in [1.807, 2.05) is 0 Å². The number of hydrogen-bond acceptors (Lipinski definition) is 3. The summed E-state index contributed by atoms with van der Waals surface area (Å²) < 4.78 is 0. The normalized spacial score (nSPS) is 18.2. The zero-order valence-corrected chi connectivity index (χ0v) is 17.7. The lowest BCUT2D eigenvalue weighted by atomic mass is 10.0. The van der Waals surface area contributed by atoms with Crippen LogP contribution in [0.2, 0.25) is 0 Å². The molecule has 1 atom stereocenters. The van der Waals surface area contributed by atoms with Crippen LogP contribution in [-0.2, 0) is 17.6 Å². The predicted molar refractivity (Wildman–Crippen MR) is 123 cm³/mol. The van der Waals surface area contributed by atoms with Gasteiger partial charge in [0.2, 0.25) is 0 Å². The lowest BCUT2D eigenvalue weighted by Crippen LogP contribution is -2.31. The molecule has 0 bridgehead atoms. The molecule has 1 aromatic heterocycles. The van der Waals surface area contributed by atoms with Crippen LogP contribution in [0, 0.1) is 5.92 Å². The second-order valence-electron chi connectivity index (χ2n) is 8.87. The number of amides is 1. The van der Waals surface area contributed by atoms with E-state index in [0.717, 1.165) is 37.3 Å². The Balaban J connectivity index is 1.33. The van der Waals surface area contributed by atoms with E-state index in [4.69, 9.17) is 5.21 Å². The van der Waals surface area contributed by atoms with E-state index in [-0.39, 0.29) is 0 Å². The molecule has 2 aromatic carbocycles. The van der Waals surface area contributed by atoms with E-state index in [1.54, 1.807) is 11.6 Å². The number of aromatic nitrogens is 1. The maximum absolute atomic E-state index is 11.3. The topological polar surface area (TPSA) is 68.4 Å². The largest absolute Gasteiger partial charge is 0.361 e. The van der Waals surface area contributed by atoms with E-state index in [9.17, 15) is 4.79 Å². The molecule has 0 spiro atoms. The Kier molecular flexibility index (Phi) is 5.62. The van der Waals surface area contributed by atoms with E-state index < -0.39 is 5.91 Å². The van der Waals surface area contributed by atoms with Crippen molar-refractivity contribution in [2.45, 2.75) is 38.1 Å². The standard InChI is InChI=1S/C26H29N3O2/c30-26(28-31)12-8-18-7-10-23-20(15-18)9-11-25(23)29(17-19-5-6-19)14-13-21-16-27-24-4-2-1-3-22(21)24/h1-4,7-8,10,12,15-16,19,25,27,31H,5-6,9,11,13-14,17H2,(H,28,30)/b12-8+. The Labute approximate surface area is 182 Å². The van der Waals surface area contributed by atoms with Crippen molar-refractivity contribution in [3.05, 3.63) is 77.0 Å². The summed E-state index contributed by atoms with van der Waals surface area (Å²) >= 11 is 0. The summed E-state index contributed by atoms with van der Waals surface area (Å²) in [7, 11) is 0. The van der Waals surface area contributed by atoms with Crippen molar-refractivity contribution < 1.29 is 10.0 Å². The highest BCUT2D eigenvalue weighted by molar-refractivity contribution is 5.90. The molecule has 1 unspecified atom stereocenters. The predicted octanol–water partition coefficient (Wildman–Crippen LogP) is 4.63. The number of aromatic amines is 1. The Morgan fingerprint density at radius 1 is 1.19 bits per heavy atom. The molecule has 5 heteroatoms. The lowest BCUT2D eigenvalue weighted by molar-refractivity contribution is -0.124. The highest BCUT2D eigenvalue weighted by Gasteiger charge is 2.32. The Hall–Kier alpha value is -2.89. The first kappa shape index (κ1) is 20.0. The van der Waals surface area contributed by atoms with Crippen LogP contribution in [0.4, 0.5) is 0 Å². The van der Waals surface area contributed by atoms with Gasteiger partial charge in [-0.15, -0.1) is 0 Å². The number of hydroxylamine groups is 1. The molecule has 5 rings (SSSR count). The average molecular weight is 416 g/mol. The maximum Gasteiger partial charge on any atom is 0.267 e. The number of hydrogen-bond donors (Lipinski definition) is 3. The number of para-hydroxylation sites is 1. The van der Waals surface area contributed by atoms with Crippen LogP contribution in [0.3, 0.4) is 0 Å². The lowest BCUT2D eigenvalue weighted by Gasteiger charge is -2.30. The number of nitrogens with one attached hydrogen (secondary N) is 2. The summed E-state index contributed by atoms with van der Waals surface area (Å²) in [6.45, 7) is 2.26. The van der Waals surface area contributed by atoms with Crippen molar-refractivity contribution in [2.24, 2.45) is 5.92 Å². The molecule has 1 heterocycles. The summed E-state index contributed by atoms with van der Waals surface area (Å²) in [5.74, 6) is 0.345. The van der Waals surface area contributed by atoms with Gasteiger partial charge in [-0.05, 0) is 72.4 Å². The van der Waals surface area contributed by atoms with Crippen LogP contribution >= 0.6 is 0 Å². The molecule has 1 amide bonds. The van der Waals surface area contributed by atoms with Crippen LogP contribution < -0.4 is 5.48 Å². The fourth-order valence-electron chi connectivity index (χ4n) is 4.92. The van der Waals surface area contributed by atoms with E-state index in [2.05, 4.69) is 58.5 Å². The van der Waals surface area contributed by atoms with Gasteiger partial charge in [-0.1, -0.05) is 36.4 Å². The molecule has 2 aliphatic carbocycles. The van der Waals surface area contributed by atoms with Gasteiger partial charge in [0, 0.05) is 42.3 Å². The molecular formula is C26H29N3O2. The Bertz CT molecular complexity index is 1110. The van der Waals surface area contributed by atoms with Crippen LogP contribution in [0.1, 0.15) is 47.6 Å². The number of aryl methyl sites for hydroxylation is 1. The van der Waals surface area contributed by atoms with Crippen molar-refractivity contribution in [1.29, 1.82) is 0 Å². The summed E-state index contributed by atoms with van der Waals surface area (Å²) in [5, 5.41) is 10.00. The van der Waals surface area contributed by atoms with Gasteiger partial charge < -0.3 is 4.98 Å². The fraction of sp³-hybridized carbons (Fsp3) is 0.346. The highest BCUT2D eigenvalue weighted by Crippen LogP contribution is 2.39. The smallest absolute Gasteiger partial charge is 0.267 e. The van der Waals surface area contributed by atoms with E-state index >= 15 is 0 Å². The van der Waals surface area contributed by atoms with Crippen molar-refractivity contribution in [2.75, 3.05) is 13.1 Å². The van der Waals surface area contributed by atoms with Gasteiger partial charge in [0.1, 0.15) is 0 Å². The zero-order chi connectivity index (χ0) is 21.2. The monoisotopic (exact) mass is 415 g/mol. The third-order valence-electron chi connectivity index (χ3n) is 6.72. The molecular weight excluding hydrogens is 386 g/mol. The van der Waals surface area contributed by atoms with E-state index in [0.29, 0.717) is 6.04 Å². The van der Waals surface area contributed by atoms with Crippen LogP contribution in [0.25, 0.3) is 17.0 Å². The molecule has 3 N–H and O–H groups in total. The SMILES string of the molecule is O=C(/C=C/c1ccc2c(c1)CCC2N(CCc1c[nH]c2ccccc12)CC1CC1)NO. The fourth-order valence-corrected chi connectivity index (χ4v) is 4.92. The zero-order valence-electron chi connectivity index (χ0n) is 17.7. The summed E-state index contributed by atoms with van der Waals surface area (Å²) in [4.78, 5) is 17.4. The van der Waals surface area contributed by atoms with Gasteiger partial charge in [-0.3, -0.25) is 14.9 Å². The first-order chi connectivity index (χ1) is 15.2. The second-order valence-corrected chi connectivity index (χ2v) is 8.87. The Morgan fingerprint density at radius 3 is 2.90 bits per heavy atom. The van der Waals surface area contributed by atoms with Gasteiger partial charge >= 0.3 is 0 Å². The molecule has 1 saturated carbocycles. The average Bonchev–Trinajstić information content (AvgIpc) is 3.38. The van der Waals surface area contributed by atoms with Gasteiger partial charge in [0.15, 0.2) is 0 Å². The van der Waals surface area contributed by atoms with Crippen LogP contribution in [0.15, 0.2) is 54.7 Å². The third-order valence-corrected chi connectivity index (χ3v) is 6.72. The van der Waals surface area contributed by atoms with Gasteiger partial charge in [-0.25, -0.2) is 5.48 Å². The highest BCUT2D eigenvalue weighted by atomic mass is 16.5. The van der Waals surface area contributed by atoms with Crippen molar-refractivity contribution >= 4 is 22.9 Å². The third kappa shape index (κ3) is 4.43. The maximum atomic E-state index is 11.3.